The summed E-state index contributed by atoms with van der Waals surface area (Å²) >= 11 is 1.50. The van der Waals surface area contributed by atoms with E-state index in [1.54, 1.807) is 38.4 Å². The molecule has 0 spiro atoms. The summed E-state index contributed by atoms with van der Waals surface area (Å²) in [4.78, 5) is 14.3. The van der Waals surface area contributed by atoms with Crippen molar-refractivity contribution < 1.29 is 12.8 Å². The molecule has 8 nitrogen and oxygen atoms in total. The van der Waals surface area contributed by atoms with E-state index in [2.05, 4.69) is 20.6 Å². The molecule has 0 aliphatic carbocycles. The maximum Gasteiger partial charge on any atom is 0.222 e. The molecule has 0 bridgehead atoms. The van der Waals surface area contributed by atoms with Gasteiger partial charge in [0.25, 0.3) is 0 Å². The van der Waals surface area contributed by atoms with E-state index in [4.69, 9.17) is 10.1 Å². The molecular weight excluding hydrogens is 463 g/mol. The largest absolute Gasteiger partial charge is 0.357 e. The third-order valence-corrected chi connectivity index (χ3v) is 8.46. The van der Waals surface area contributed by atoms with Gasteiger partial charge in [0.15, 0.2) is 0 Å². The molecule has 0 amide bonds. The zero-order chi connectivity index (χ0) is 23.6. The summed E-state index contributed by atoms with van der Waals surface area (Å²) in [5.41, 5.74) is 1.38. The predicted octanol–water partition coefficient (Wildman–Crippen LogP) is 3.65. The van der Waals surface area contributed by atoms with Crippen molar-refractivity contribution in [1.82, 2.24) is 20.3 Å². The zero-order valence-corrected chi connectivity index (χ0v) is 20.1. The molecule has 1 fully saturated rings. The monoisotopic (exact) mass is 490 g/mol. The van der Waals surface area contributed by atoms with Crippen molar-refractivity contribution in [1.29, 1.82) is 0 Å². The van der Waals surface area contributed by atoms with Crippen LogP contribution >= 0.6 is 11.3 Å². The Morgan fingerprint density at radius 3 is 2.70 bits per heavy atom. The Bertz CT molecular complexity index is 1240. The van der Waals surface area contributed by atoms with Crippen LogP contribution in [0.2, 0.25) is 0 Å². The number of aromatic nitrogens is 3. The van der Waals surface area contributed by atoms with Crippen LogP contribution in [0.4, 0.5) is 10.3 Å². The van der Waals surface area contributed by atoms with E-state index >= 15 is 4.39 Å². The van der Waals surface area contributed by atoms with Gasteiger partial charge in [-0.15, -0.1) is 11.3 Å². The molecule has 1 atom stereocenters. The predicted molar refractivity (Wildman–Crippen MR) is 129 cm³/mol. The Hall–Kier alpha value is -2.47. The van der Waals surface area contributed by atoms with Crippen molar-refractivity contribution in [3.63, 3.8) is 0 Å². The van der Waals surface area contributed by atoms with E-state index in [-0.39, 0.29) is 23.5 Å². The van der Waals surface area contributed by atoms with E-state index in [1.165, 1.54) is 17.4 Å². The fourth-order valence-electron chi connectivity index (χ4n) is 4.15. The Kier molecular flexibility index (Phi) is 7.03. The summed E-state index contributed by atoms with van der Waals surface area (Å²) in [6, 6.07) is 6.51. The average molecular weight is 491 g/mol. The van der Waals surface area contributed by atoms with Gasteiger partial charge in [0.2, 0.25) is 16.0 Å². The number of rotatable bonds is 7. The summed E-state index contributed by atoms with van der Waals surface area (Å²) in [5, 5.41) is 11.5. The van der Waals surface area contributed by atoms with Crippen molar-refractivity contribution in [3.05, 3.63) is 46.9 Å². The lowest BCUT2D eigenvalue weighted by Gasteiger charge is -2.20. The van der Waals surface area contributed by atoms with Crippen LogP contribution in [0.3, 0.4) is 0 Å². The lowest BCUT2D eigenvalue weighted by atomic mass is 9.98. The number of hydrogen-bond acceptors (Lipinski definition) is 8. The number of nitrogens with zero attached hydrogens (tertiary/aromatic N) is 3. The van der Waals surface area contributed by atoms with Crippen molar-refractivity contribution in [2.45, 2.75) is 37.4 Å². The van der Waals surface area contributed by atoms with E-state index in [1.807, 2.05) is 0 Å². The van der Waals surface area contributed by atoms with Gasteiger partial charge >= 0.3 is 0 Å². The van der Waals surface area contributed by atoms with Crippen LogP contribution < -0.4 is 15.8 Å². The molecule has 4 N–H and O–H groups in total. The quantitative estimate of drug-likeness (QED) is 0.462. The topological polar surface area (TPSA) is 123 Å². The number of nitrogens with one attached hydrogen (secondary N) is 2. The van der Waals surface area contributed by atoms with Gasteiger partial charge < -0.3 is 10.6 Å². The number of primary sulfonamides is 1. The van der Waals surface area contributed by atoms with Gasteiger partial charge in [0.1, 0.15) is 11.1 Å². The first kappa shape index (κ1) is 23.7. The second-order valence-electron chi connectivity index (χ2n) is 7.96. The SMILES string of the molecule is CCC(c1cccc(-c2nc(C3CCNCC3)sc2-c2ccnc(NC)n2)c1F)S(N)(=O)=O. The molecule has 3 heterocycles. The van der Waals surface area contributed by atoms with Crippen LogP contribution in [-0.4, -0.2) is 43.5 Å². The molecule has 3 aromatic rings. The number of halogens is 1. The molecule has 1 aromatic carbocycles. The van der Waals surface area contributed by atoms with E-state index < -0.39 is 21.1 Å². The smallest absolute Gasteiger partial charge is 0.222 e. The van der Waals surface area contributed by atoms with Crippen molar-refractivity contribution in [3.8, 4) is 21.8 Å². The van der Waals surface area contributed by atoms with Crippen LogP contribution in [0.1, 0.15) is 47.9 Å². The molecular formula is C22H27FN6O2S2. The fourth-order valence-corrected chi connectivity index (χ4v) is 6.37. The minimum absolute atomic E-state index is 0.0541. The van der Waals surface area contributed by atoms with Gasteiger partial charge in [0.05, 0.1) is 21.3 Å². The standard InChI is InChI=1S/C22H27FN6O2S2/c1-3-17(33(24,30)31)14-5-4-6-15(18(14)23)19-20(16-9-12-27-22(25-2)28-16)32-21(29-19)13-7-10-26-11-8-13/h4-6,9,12-13,17,26H,3,7-8,10-11H2,1-2H3,(H2,24,30,31)(H,25,27,28). The summed E-state index contributed by atoms with van der Waals surface area (Å²) < 4.78 is 40.0. The molecule has 0 saturated carbocycles. The minimum Gasteiger partial charge on any atom is -0.357 e. The second-order valence-corrected chi connectivity index (χ2v) is 10.7. The van der Waals surface area contributed by atoms with Gasteiger partial charge in [-0.1, -0.05) is 19.1 Å². The molecule has 2 aromatic heterocycles. The second kappa shape index (κ2) is 9.80. The summed E-state index contributed by atoms with van der Waals surface area (Å²) in [6.07, 6.45) is 3.71. The van der Waals surface area contributed by atoms with Crippen molar-refractivity contribution in [2.24, 2.45) is 5.14 Å². The summed E-state index contributed by atoms with van der Waals surface area (Å²) in [5.74, 6) is 0.0999. The van der Waals surface area contributed by atoms with Gasteiger partial charge in [0, 0.05) is 30.3 Å². The zero-order valence-electron chi connectivity index (χ0n) is 18.5. The van der Waals surface area contributed by atoms with Crippen LogP contribution in [0, 0.1) is 5.82 Å². The van der Waals surface area contributed by atoms with Gasteiger partial charge in [-0.05, 0) is 44.5 Å². The Morgan fingerprint density at radius 1 is 1.27 bits per heavy atom. The maximum atomic E-state index is 15.8. The van der Waals surface area contributed by atoms with E-state index in [9.17, 15) is 8.42 Å². The van der Waals surface area contributed by atoms with E-state index in [0.717, 1.165) is 35.8 Å². The highest BCUT2D eigenvalue weighted by Gasteiger charge is 2.29. The number of sulfonamides is 1. The number of nitrogens with two attached hydrogens (primary N) is 1. The molecule has 33 heavy (non-hydrogen) atoms. The number of anilines is 1. The molecule has 1 aliphatic rings. The molecule has 1 aliphatic heterocycles. The normalized spacial score (nSPS) is 16.0. The number of piperidine rings is 1. The lowest BCUT2D eigenvalue weighted by Crippen LogP contribution is -2.26. The van der Waals surface area contributed by atoms with E-state index in [0.29, 0.717) is 17.3 Å². The maximum absolute atomic E-state index is 15.8. The number of benzene rings is 1. The van der Waals surface area contributed by atoms with Crippen LogP contribution in [0.25, 0.3) is 21.8 Å². The van der Waals surface area contributed by atoms with Crippen LogP contribution in [0.5, 0.6) is 0 Å². The molecule has 176 valence electrons. The first-order valence-electron chi connectivity index (χ1n) is 10.9. The highest BCUT2D eigenvalue weighted by atomic mass is 32.2. The molecule has 11 heteroatoms. The molecule has 0 radical (unpaired) electrons. The third kappa shape index (κ3) is 4.91. The van der Waals surface area contributed by atoms with Crippen molar-refractivity contribution >= 4 is 27.3 Å². The lowest BCUT2D eigenvalue weighted by molar-refractivity contribution is 0.459. The summed E-state index contributed by atoms with van der Waals surface area (Å²) in [6.45, 7) is 3.48. The highest BCUT2D eigenvalue weighted by molar-refractivity contribution is 7.89. The first-order chi connectivity index (χ1) is 15.8. The summed E-state index contributed by atoms with van der Waals surface area (Å²) in [7, 11) is -2.24. The third-order valence-electron chi connectivity index (χ3n) is 5.84. The number of hydrogen-bond donors (Lipinski definition) is 3. The van der Waals surface area contributed by atoms with Crippen LogP contribution in [0.15, 0.2) is 30.5 Å². The van der Waals surface area contributed by atoms with Crippen LogP contribution in [-0.2, 0) is 10.0 Å². The van der Waals surface area contributed by atoms with Gasteiger partial charge in [-0.2, -0.15) is 0 Å². The Morgan fingerprint density at radius 2 is 2.03 bits per heavy atom. The Balaban J connectivity index is 1.89. The number of thiazole rings is 1. The molecule has 1 saturated heterocycles. The minimum atomic E-state index is -3.97. The van der Waals surface area contributed by atoms with Crippen molar-refractivity contribution in [2.75, 3.05) is 25.5 Å². The highest BCUT2D eigenvalue weighted by Crippen LogP contribution is 2.42. The fraction of sp³-hybridized carbons (Fsp3) is 0.409. The van der Waals surface area contributed by atoms with Gasteiger partial charge in [-0.3, -0.25) is 0 Å². The Labute approximate surface area is 196 Å². The van der Waals surface area contributed by atoms with Gasteiger partial charge in [-0.25, -0.2) is 32.9 Å². The molecule has 1 unspecified atom stereocenters. The molecule has 4 rings (SSSR count). The average Bonchev–Trinajstić information content (AvgIpc) is 3.26. The first-order valence-corrected chi connectivity index (χ1v) is 13.3.